The molecule has 0 aliphatic carbocycles. The minimum atomic E-state index is -0.542. The van der Waals surface area contributed by atoms with Gasteiger partial charge in [0.2, 0.25) is 5.91 Å². The molecule has 1 heterocycles. The second-order valence-electron chi connectivity index (χ2n) is 6.64. The summed E-state index contributed by atoms with van der Waals surface area (Å²) in [4.78, 5) is 36.5. The van der Waals surface area contributed by atoms with Gasteiger partial charge in [0.15, 0.2) is 0 Å². The number of benzene rings is 2. The van der Waals surface area contributed by atoms with E-state index in [1.807, 2.05) is 6.92 Å². The third-order valence-electron chi connectivity index (χ3n) is 4.44. The number of carbonyl (C=O) groups is 2. The Labute approximate surface area is 193 Å². The van der Waals surface area contributed by atoms with Crippen molar-refractivity contribution in [3.63, 3.8) is 0 Å². The van der Waals surface area contributed by atoms with Gasteiger partial charge in [0.25, 0.3) is 5.69 Å². The van der Waals surface area contributed by atoms with E-state index in [4.69, 9.17) is 16.3 Å². The lowest BCUT2D eigenvalue weighted by atomic mass is 10.0. The maximum atomic E-state index is 12.7. The Hall–Kier alpha value is -3.49. The van der Waals surface area contributed by atoms with Crippen LogP contribution < -0.4 is 5.32 Å². The highest BCUT2D eigenvalue weighted by Gasteiger charge is 2.25. The zero-order valence-corrected chi connectivity index (χ0v) is 18.8. The van der Waals surface area contributed by atoms with Crippen LogP contribution in [0.4, 0.5) is 10.7 Å². The molecule has 2 aromatic carbocycles. The van der Waals surface area contributed by atoms with Gasteiger partial charge < -0.3 is 10.1 Å². The maximum Gasteiger partial charge on any atom is 0.341 e. The van der Waals surface area contributed by atoms with Crippen molar-refractivity contribution in [1.29, 1.82) is 0 Å². The van der Waals surface area contributed by atoms with Gasteiger partial charge in [-0.2, -0.15) is 0 Å². The van der Waals surface area contributed by atoms with Crippen LogP contribution in [0, 0.1) is 17.0 Å². The molecule has 7 nitrogen and oxygen atoms in total. The van der Waals surface area contributed by atoms with Crippen molar-refractivity contribution >= 4 is 51.6 Å². The fourth-order valence-electron chi connectivity index (χ4n) is 3.06. The minimum absolute atomic E-state index is 0.0707. The second kappa shape index (κ2) is 10.2. The largest absolute Gasteiger partial charge is 0.462 e. The molecule has 9 heteroatoms. The molecule has 3 aromatic rings. The van der Waals surface area contributed by atoms with E-state index >= 15 is 0 Å². The topological polar surface area (TPSA) is 98.5 Å². The average molecular weight is 471 g/mol. The third kappa shape index (κ3) is 5.40. The Morgan fingerprint density at radius 1 is 1.22 bits per heavy atom. The number of nitrogens with one attached hydrogen (secondary N) is 1. The SMILES string of the molecule is CCOC(=O)c1c(NC(=O)/C=C/c2cccc([N+](=O)[O-])c2)sc(C)c1-c1ccc(Cl)cc1. The Morgan fingerprint density at radius 3 is 2.59 bits per heavy atom. The number of esters is 1. The van der Waals surface area contributed by atoms with Gasteiger partial charge in [-0.15, -0.1) is 11.3 Å². The summed E-state index contributed by atoms with van der Waals surface area (Å²) in [6.07, 6.45) is 2.72. The van der Waals surface area contributed by atoms with E-state index in [-0.39, 0.29) is 17.9 Å². The van der Waals surface area contributed by atoms with Crippen LogP contribution in [0.3, 0.4) is 0 Å². The van der Waals surface area contributed by atoms with Crippen molar-refractivity contribution in [1.82, 2.24) is 0 Å². The van der Waals surface area contributed by atoms with Gasteiger partial charge >= 0.3 is 5.97 Å². The monoisotopic (exact) mass is 470 g/mol. The maximum absolute atomic E-state index is 12.7. The van der Waals surface area contributed by atoms with Crippen LogP contribution in [-0.2, 0) is 9.53 Å². The molecule has 1 N–H and O–H groups in total. The number of carbonyl (C=O) groups excluding carboxylic acids is 2. The smallest absolute Gasteiger partial charge is 0.341 e. The second-order valence-corrected chi connectivity index (χ2v) is 8.30. The summed E-state index contributed by atoms with van der Waals surface area (Å²) in [6, 6.07) is 13.0. The van der Waals surface area contributed by atoms with Crippen LogP contribution >= 0.6 is 22.9 Å². The summed E-state index contributed by atoms with van der Waals surface area (Å²) in [5.41, 5.74) is 2.15. The molecule has 0 atom stereocenters. The van der Waals surface area contributed by atoms with Crippen LogP contribution in [0.15, 0.2) is 54.6 Å². The van der Waals surface area contributed by atoms with Crippen LogP contribution in [0.1, 0.15) is 27.7 Å². The molecule has 164 valence electrons. The molecule has 0 fully saturated rings. The number of nitro benzene ring substituents is 1. The highest BCUT2D eigenvalue weighted by atomic mass is 35.5. The molecule has 0 unspecified atom stereocenters. The third-order valence-corrected chi connectivity index (χ3v) is 5.71. The fourth-order valence-corrected chi connectivity index (χ4v) is 4.26. The summed E-state index contributed by atoms with van der Waals surface area (Å²) in [5.74, 6) is -1.02. The van der Waals surface area contributed by atoms with Gasteiger partial charge in [0.1, 0.15) is 10.6 Å². The highest BCUT2D eigenvalue weighted by Crippen LogP contribution is 2.40. The van der Waals surface area contributed by atoms with Gasteiger partial charge in [0, 0.05) is 33.7 Å². The fraction of sp³-hybridized carbons (Fsp3) is 0.130. The first kappa shape index (κ1) is 23.2. The van der Waals surface area contributed by atoms with E-state index in [1.165, 1.54) is 41.7 Å². The molecule has 0 saturated heterocycles. The van der Waals surface area contributed by atoms with Gasteiger partial charge in [-0.3, -0.25) is 14.9 Å². The van der Waals surface area contributed by atoms with E-state index in [9.17, 15) is 19.7 Å². The number of hydrogen-bond acceptors (Lipinski definition) is 6. The molecule has 0 spiro atoms. The van der Waals surface area contributed by atoms with E-state index in [0.29, 0.717) is 21.2 Å². The van der Waals surface area contributed by atoms with Crippen molar-refractivity contribution in [2.24, 2.45) is 0 Å². The standard InChI is InChI=1S/C23H19ClN2O5S/c1-3-31-23(28)21-20(16-8-10-17(24)11-9-16)14(2)32-22(21)25-19(27)12-7-15-5-4-6-18(13-15)26(29)30/h4-13H,3H2,1-2H3,(H,25,27)/b12-7+. The van der Waals surface area contributed by atoms with Crippen LogP contribution in [-0.4, -0.2) is 23.4 Å². The zero-order valence-electron chi connectivity index (χ0n) is 17.3. The minimum Gasteiger partial charge on any atom is -0.462 e. The number of non-ortho nitro benzene ring substituents is 1. The van der Waals surface area contributed by atoms with E-state index in [0.717, 1.165) is 10.4 Å². The predicted molar refractivity (Wildman–Crippen MR) is 126 cm³/mol. The van der Waals surface area contributed by atoms with Crippen LogP contribution in [0.2, 0.25) is 5.02 Å². The molecule has 0 aliphatic rings. The van der Waals surface area contributed by atoms with Gasteiger partial charge in [-0.05, 0) is 43.2 Å². The van der Waals surface area contributed by atoms with E-state index < -0.39 is 16.8 Å². The Bertz CT molecular complexity index is 1200. The summed E-state index contributed by atoms with van der Waals surface area (Å²) in [7, 11) is 0. The number of nitro groups is 1. The lowest BCUT2D eigenvalue weighted by Gasteiger charge is -2.08. The average Bonchev–Trinajstić information content (AvgIpc) is 3.08. The van der Waals surface area contributed by atoms with E-state index in [1.54, 1.807) is 37.3 Å². The molecule has 0 radical (unpaired) electrons. The first-order chi connectivity index (χ1) is 15.3. The lowest BCUT2D eigenvalue weighted by molar-refractivity contribution is -0.384. The van der Waals surface area contributed by atoms with Crippen molar-refractivity contribution in [3.05, 3.63) is 85.7 Å². The van der Waals surface area contributed by atoms with Gasteiger partial charge in [0.05, 0.1) is 11.5 Å². The summed E-state index contributed by atoms with van der Waals surface area (Å²) in [6.45, 7) is 3.75. The van der Waals surface area contributed by atoms with Gasteiger partial charge in [-0.1, -0.05) is 35.9 Å². The van der Waals surface area contributed by atoms with Crippen molar-refractivity contribution in [2.75, 3.05) is 11.9 Å². The lowest BCUT2D eigenvalue weighted by Crippen LogP contribution is -2.12. The first-order valence-electron chi connectivity index (χ1n) is 9.60. The number of aryl methyl sites for hydroxylation is 1. The zero-order chi connectivity index (χ0) is 23.3. The number of ether oxygens (including phenoxy) is 1. The molecule has 1 aromatic heterocycles. The Balaban J connectivity index is 1.91. The number of amides is 1. The number of halogens is 1. The summed E-state index contributed by atoms with van der Waals surface area (Å²) in [5, 5.41) is 14.6. The normalized spacial score (nSPS) is 10.8. The molecular weight excluding hydrogens is 452 g/mol. The summed E-state index contributed by atoms with van der Waals surface area (Å²) < 4.78 is 5.22. The molecule has 1 amide bonds. The van der Waals surface area contributed by atoms with E-state index in [2.05, 4.69) is 5.32 Å². The number of thiophene rings is 1. The molecule has 3 rings (SSSR count). The molecule has 0 bridgehead atoms. The molecular formula is C23H19ClN2O5S. The molecule has 0 aliphatic heterocycles. The Kier molecular flexibility index (Phi) is 7.40. The summed E-state index contributed by atoms with van der Waals surface area (Å²) >= 11 is 7.25. The van der Waals surface area contributed by atoms with Crippen molar-refractivity contribution < 1.29 is 19.2 Å². The number of rotatable bonds is 7. The number of hydrogen-bond donors (Lipinski definition) is 1. The number of nitrogens with zero attached hydrogens (tertiary/aromatic N) is 1. The molecule has 32 heavy (non-hydrogen) atoms. The van der Waals surface area contributed by atoms with Crippen molar-refractivity contribution in [3.8, 4) is 11.1 Å². The molecule has 0 saturated carbocycles. The van der Waals surface area contributed by atoms with Crippen molar-refractivity contribution in [2.45, 2.75) is 13.8 Å². The Morgan fingerprint density at radius 2 is 1.94 bits per heavy atom. The predicted octanol–water partition coefficient (Wildman–Crippen LogP) is 6.11. The van der Waals surface area contributed by atoms with Crippen LogP contribution in [0.5, 0.6) is 0 Å². The quantitative estimate of drug-likeness (QED) is 0.194. The van der Waals surface area contributed by atoms with Crippen LogP contribution in [0.25, 0.3) is 17.2 Å². The number of anilines is 1. The first-order valence-corrected chi connectivity index (χ1v) is 10.8. The highest BCUT2D eigenvalue weighted by molar-refractivity contribution is 7.17. The van der Waals surface area contributed by atoms with Gasteiger partial charge in [-0.25, -0.2) is 4.79 Å².